The minimum atomic E-state index is -0.0131. The van der Waals surface area contributed by atoms with Crippen molar-refractivity contribution in [1.29, 1.82) is 0 Å². The first-order chi connectivity index (χ1) is 10.8. The second kappa shape index (κ2) is 5.34. The number of rotatable bonds is 3. The molecule has 0 spiro atoms. The van der Waals surface area contributed by atoms with Crippen LogP contribution in [0.3, 0.4) is 0 Å². The van der Waals surface area contributed by atoms with Crippen molar-refractivity contribution in [2.75, 3.05) is 13.1 Å². The monoisotopic (exact) mass is 311 g/mol. The van der Waals surface area contributed by atoms with Crippen LogP contribution in [-0.2, 0) is 0 Å². The fourth-order valence-corrected chi connectivity index (χ4v) is 2.99. The first-order valence-corrected chi connectivity index (χ1v) is 7.90. The smallest absolute Gasteiger partial charge is 0.273 e. The van der Waals surface area contributed by atoms with Gasteiger partial charge in [-0.1, -0.05) is 35.5 Å². The summed E-state index contributed by atoms with van der Waals surface area (Å²) in [5.74, 6) is -0.0131. The van der Waals surface area contributed by atoms with E-state index in [9.17, 15) is 4.79 Å². The molecule has 1 fully saturated rings. The Morgan fingerprint density at radius 1 is 1.23 bits per heavy atom. The van der Waals surface area contributed by atoms with Crippen molar-refractivity contribution >= 4 is 17.2 Å². The molecule has 1 aromatic carbocycles. The molecule has 3 aromatic rings. The largest absolute Gasteiger partial charge is 0.333 e. The number of carbonyl (C=O) groups is 1. The van der Waals surface area contributed by atoms with Crippen LogP contribution in [0.2, 0.25) is 0 Å². The predicted molar refractivity (Wildman–Crippen MR) is 82.5 cm³/mol. The Labute approximate surface area is 131 Å². The third-order valence-electron chi connectivity index (χ3n) is 3.75. The van der Waals surface area contributed by atoms with E-state index in [-0.39, 0.29) is 11.9 Å². The molecule has 3 heterocycles. The molecule has 0 bridgehead atoms. The Balaban J connectivity index is 1.43. The number of aromatic nitrogens is 4. The summed E-state index contributed by atoms with van der Waals surface area (Å²) >= 11 is 1.43. The van der Waals surface area contributed by atoms with E-state index >= 15 is 0 Å². The topological polar surface area (TPSA) is 63.9 Å². The number of hydrogen-bond acceptors (Lipinski definition) is 5. The second-order valence-electron chi connectivity index (χ2n) is 5.19. The lowest BCUT2D eigenvalue weighted by Gasteiger charge is -2.38. The normalized spacial score (nSPS) is 14.8. The first kappa shape index (κ1) is 13.1. The van der Waals surface area contributed by atoms with Crippen molar-refractivity contribution in [2.24, 2.45) is 0 Å². The predicted octanol–water partition coefficient (Wildman–Crippen LogP) is 2.10. The summed E-state index contributed by atoms with van der Waals surface area (Å²) in [6.07, 6.45) is 1.94. The van der Waals surface area contributed by atoms with Crippen LogP contribution >= 0.6 is 11.3 Å². The van der Waals surface area contributed by atoms with Crippen molar-refractivity contribution in [3.05, 3.63) is 53.1 Å². The minimum absolute atomic E-state index is 0.0131. The zero-order chi connectivity index (χ0) is 14.9. The molecule has 0 saturated carbocycles. The zero-order valence-electron chi connectivity index (χ0n) is 11.7. The molecular formula is C15H13N5OS. The summed E-state index contributed by atoms with van der Waals surface area (Å²) < 4.78 is 1.84. The number of benzene rings is 1. The first-order valence-electron chi connectivity index (χ1n) is 6.96. The van der Waals surface area contributed by atoms with Crippen molar-refractivity contribution in [1.82, 2.24) is 24.9 Å². The zero-order valence-corrected chi connectivity index (χ0v) is 12.5. The van der Waals surface area contributed by atoms with E-state index < -0.39 is 0 Å². The number of amides is 1. The Kier molecular flexibility index (Phi) is 3.19. The van der Waals surface area contributed by atoms with Crippen LogP contribution in [0.25, 0.3) is 11.3 Å². The van der Waals surface area contributed by atoms with Gasteiger partial charge in [-0.05, 0) is 0 Å². The van der Waals surface area contributed by atoms with Gasteiger partial charge in [0.1, 0.15) is 11.4 Å². The van der Waals surface area contributed by atoms with Gasteiger partial charge < -0.3 is 4.90 Å². The van der Waals surface area contributed by atoms with Crippen molar-refractivity contribution < 1.29 is 4.79 Å². The van der Waals surface area contributed by atoms with Crippen LogP contribution in [0.5, 0.6) is 0 Å². The summed E-state index contributed by atoms with van der Waals surface area (Å²) in [7, 11) is 0. The molecule has 6 nitrogen and oxygen atoms in total. The standard InChI is InChI=1S/C15H13N5OS/c21-15(14-9-22-10-16-14)19-6-12(7-19)20-8-13(17-18-20)11-4-2-1-3-5-11/h1-5,8-10,12H,6-7H2. The highest BCUT2D eigenvalue weighted by molar-refractivity contribution is 7.07. The maximum absolute atomic E-state index is 12.1. The van der Waals surface area contributed by atoms with E-state index in [1.165, 1.54) is 11.3 Å². The van der Waals surface area contributed by atoms with E-state index in [1.807, 2.05) is 41.2 Å². The van der Waals surface area contributed by atoms with E-state index in [2.05, 4.69) is 15.3 Å². The molecule has 0 atom stereocenters. The van der Waals surface area contributed by atoms with Gasteiger partial charge in [0.2, 0.25) is 0 Å². The van der Waals surface area contributed by atoms with E-state index in [0.29, 0.717) is 18.8 Å². The van der Waals surface area contributed by atoms with Gasteiger partial charge in [-0.2, -0.15) is 0 Å². The summed E-state index contributed by atoms with van der Waals surface area (Å²) in [5, 5.41) is 10.2. The number of thiazole rings is 1. The quantitative estimate of drug-likeness (QED) is 0.743. The number of likely N-dealkylation sites (tertiary alicyclic amines) is 1. The molecule has 1 aliphatic rings. The van der Waals surface area contributed by atoms with Gasteiger partial charge >= 0.3 is 0 Å². The van der Waals surface area contributed by atoms with Gasteiger partial charge in [0.05, 0.1) is 17.7 Å². The average molecular weight is 311 g/mol. The van der Waals surface area contributed by atoms with Crippen LogP contribution < -0.4 is 0 Å². The molecule has 1 aliphatic heterocycles. The summed E-state index contributed by atoms with van der Waals surface area (Å²) in [6, 6.07) is 10.1. The molecule has 110 valence electrons. The number of nitrogens with zero attached hydrogens (tertiary/aromatic N) is 5. The van der Waals surface area contributed by atoms with Gasteiger partial charge in [-0.3, -0.25) is 4.79 Å². The van der Waals surface area contributed by atoms with Gasteiger partial charge in [0.15, 0.2) is 0 Å². The Bertz CT molecular complexity index is 777. The Hall–Kier alpha value is -2.54. The summed E-state index contributed by atoms with van der Waals surface area (Å²) in [6.45, 7) is 1.29. The lowest BCUT2D eigenvalue weighted by Crippen LogP contribution is -2.51. The molecule has 0 N–H and O–H groups in total. The minimum Gasteiger partial charge on any atom is -0.333 e. The van der Waals surface area contributed by atoms with E-state index in [0.717, 1.165) is 11.3 Å². The van der Waals surface area contributed by atoms with Crippen LogP contribution in [0, 0.1) is 0 Å². The molecule has 0 unspecified atom stereocenters. The number of carbonyl (C=O) groups excluding carboxylic acids is 1. The number of hydrogen-bond donors (Lipinski definition) is 0. The SMILES string of the molecule is O=C(c1cscn1)N1CC(n2cc(-c3ccccc3)nn2)C1. The third-order valence-corrected chi connectivity index (χ3v) is 4.34. The van der Waals surface area contributed by atoms with Gasteiger partial charge in [-0.25, -0.2) is 9.67 Å². The van der Waals surface area contributed by atoms with Crippen molar-refractivity contribution in [3.8, 4) is 11.3 Å². The highest BCUT2D eigenvalue weighted by Gasteiger charge is 2.34. The van der Waals surface area contributed by atoms with Crippen molar-refractivity contribution in [2.45, 2.75) is 6.04 Å². The fourth-order valence-electron chi connectivity index (χ4n) is 2.46. The maximum atomic E-state index is 12.1. The van der Waals surface area contributed by atoms with Crippen LogP contribution in [0.4, 0.5) is 0 Å². The molecule has 1 amide bonds. The van der Waals surface area contributed by atoms with Gasteiger partial charge in [0.25, 0.3) is 5.91 Å². The second-order valence-corrected chi connectivity index (χ2v) is 5.91. The summed E-state index contributed by atoms with van der Waals surface area (Å²) in [5.41, 5.74) is 4.09. The molecule has 22 heavy (non-hydrogen) atoms. The molecule has 0 radical (unpaired) electrons. The van der Waals surface area contributed by atoms with Gasteiger partial charge in [0, 0.05) is 24.0 Å². The average Bonchev–Trinajstić information content (AvgIpc) is 3.18. The van der Waals surface area contributed by atoms with Crippen LogP contribution in [-0.4, -0.2) is 43.9 Å². The van der Waals surface area contributed by atoms with Crippen molar-refractivity contribution in [3.63, 3.8) is 0 Å². The molecule has 4 rings (SSSR count). The molecule has 0 aliphatic carbocycles. The lowest BCUT2D eigenvalue weighted by molar-refractivity contribution is 0.0493. The Morgan fingerprint density at radius 3 is 2.77 bits per heavy atom. The molecule has 1 saturated heterocycles. The van der Waals surface area contributed by atoms with E-state index in [1.54, 1.807) is 15.8 Å². The van der Waals surface area contributed by atoms with E-state index in [4.69, 9.17) is 0 Å². The third kappa shape index (κ3) is 2.29. The molecule has 2 aromatic heterocycles. The highest BCUT2D eigenvalue weighted by atomic mass is 32.1. The summed E-state index contributed by atoms with van der Waals surface area (Å²) in [4.78, 5) is 18.0. The fraction of sp³-hybridized carbons (Fsp3) is 0.200. The van der Waals surface area contributed by atoms with Gasteiger partial charge in [-0.15, -0.1) is 16.4 Å². The lowest BCUT2D eigenvalue weighted by atomic mass is 10.1. The van der Waals surface area contributed by atoms with Crippen LogP contribution in [0.15, 0.2) is 47.4 Å². The van der Waals surface area contributed by atoms with Crippen LogP contribution in [0.1, 0.15) is 16.5 Å². The highest BCUT2D eigenvalue weighted by Crippen LogP contribution is 2.24. The maximum Gasteiger partial charge on any atom is 0.273 e. The molecular weight excluding hydrogens is 298 g/mol. The molecule has 7 heteroatoms. The Morgan fingerprint density at radius 2 is 2.05 bits per heavy atom.